The Hall–Kier alpha value is -3.38. The van der Waals surface area contributed by atoms with Gasteiger partial charge in [-0.15, -0.1) is 6.58 Å². The van der Waals surface area contributed by atoms with Crippen LogP contribution in [0.2, 0.25) is 0 Å². The van der Waals surface area contributed by atoms with Crippen molar-refractivity contribution in [2.75, 3.05) is 11.4 Å². The molecule has 1 heterocycles. The summed E-state index contributed by atoms with van der Waals surface area (Å²) in [6.07, 6.45) is 1.63. The van der Waals surface area contributed by atoms with E-state index in [9.17, 15) is 13.2 Å². The number of hydrogen-bond donors (Lipinski definition) is 0. The van der Waals surface area contributed by atoms with Gasteiger partial charge in [-0.2, -0.15) is 0 Å². The van der Waals surface area contributed by atoms with Crippen molar-refractivity contribution in [3.63, 3.8) is 0 Å². The van der Waals surface area contributed by atoms with Crippen molar-refractivity contribution >= 4 is 21.5 Å². The maximum Gasteiger partial charge on any atom is 0.265 e. The number of aryl methyl sites for hydroxylation is 1. The van der Waals surface area contributed by atoms with Crippen LogP contribution in [-0.2, 0) is 10.0 Å². The van der Waals surface area contributed by atoms with Crippen LogP contribution < -0.4 is 9.04 Å². The monoisotopic (exact) mass is 433 g/mol. The highest BCUT2D eigenvalue weighted by molar-refractivity contribution is 7.93. The van der Waals surface area contributed by atoms with Gasteiger partial charge in [-0.25, -0.2) is 8.42 Å². The Morgan fingerprint density at radius 1 is 1.03 bits per heavy atom. The Morgan fingerprint density at radius 2 is 1.71 bits per heavy atom. The summed E-state index contributed by atoms with van der Waals surface area (Å²) in [6.45, 7) is 5.80. The molecule has 0 bridgehead atoms. The maximum atomic E-state index is 13.8. The quantitative estimate of drug-likeness (QED) is 0.416. The fourth-order valence-electron chi connectivity index (χ4n) is 3.99. The molecule has 0 spiro atoms. The van der Waals surface area contributed by atoms with E-state index < -0.39 is 22.0 Å². The first-order valence-corrected chi connectivity index (χ1v) is 11.3. The smallest absolute Gasteiger partial charge is 0.265 e. The van der Waals surface area contributed by atoms with Gasteiger partial charge in [0.1, 0.15) is 11.8 Å². The highest BCUT2D eigenvalue weighted by Crippen LogP contribution is 2.47. The molecule has 0 unspecified atom stereocenters. The molecule has 2 atom stereocenters. The summed E-state index contributed by atoms with van der Waals surface area (Å²) in [6, 6.07) is 19.6. The molecule has 4 rings (SSSR count). The first-order valence-electron chi connectivity index (χ1n) is 9.89. The van der Waals surface area contributed by atoms with Gasteiger partial charge in [-0.05, 0) is 42.8 Å². The van der Waals surface area contributed by atoms with E-state index in [1.807, 2.05) is 13.0 Å². The van der Waals surface area contributed by atoms with Crippen molar-refractivity contribution in [2.45, 2.75) is 23.8 Å². The van der Waals surface area contributed by atoms with Crippen molar-refractivity contribution in [3.8, 4) is 5.75 Å². The molecule has 5 nitrogen and oxygen atoms in total. The molecular formula is C25H23NO4S. The van der Waals surface area contributed by atoms with Crippen molar-refractivity contribution in [1.29, 1.82) is 0 Å². The van der Waals surface area contributed by atoms with Crippen LogP contribution in [0, 0.1) is 6.92 Å². The lowest BCUT2D eigenvalue weighted by molar-refractivity contribution is 0.0960. The molecule has 0 amide bonds. The minimum absolute atomic E-state index is 0.135. The third-order valence-corrected chi connectivity index (χ3v) is 7.39. The third kappa shape index (κ3) is 3.53. The summed E-state index contributed by atoms with van der Waals surface area (Å²) >= 11 is 0. The number of methoxy groups -OCH3 is 1. The molecule has 158 valence electrons. The minimum Gasteiger partial charge on any atom is -0.497 e. The van der Waals surface area contributed by atoms with Crippen LogP contribution in [-0.4, -0.2) is 27.4 Å². The van der Waals surface area contributed by atoms with Gasteiger partial charge in [0.25, 0.3) is 10.0 Å². The second-order valence-corrected chi connectivity index (χ2v) is 9.29. The number of carbonyl (C=O) groups is 1. The van der Waals surface area contributed by atoms with Gasteiger partial charge < -0.3 is 4.74 Å². The number of fused-ring (bicyclic) bond motifs is 1. The maximum absolute atomic E-state index is 13.8. The molecule has 0 radical (unpaired) electrons. The highest BCUT2D eigenvalue weighted by atomic mass is 32.2. The predicted octanol–water partition coefficient (Wildman–Crippen LogP) is 4.73. The second-order valence-electron chi connectivity index (χ2n) is 7.48. The molecule has 0 fully saturated rings. The van der Waals surface area contributed by atoms with Crippen LogP contribution in [0.5, 0.6) is 5.75 Å². The van der Waals surface area contributed by atoms with Crippen molar-refractivity contribution in [3.05, 3.63) is 102 Å². The second kappa shape index (κ2) is 8.04. The lowest BCUT2D eigenvalue weighted by atomic mass is 9.90. The number of carbonyl (C=O) groups excluding carboxylic acids is 1. The normalized spacial score (nSPS) is 17.8. The summed E-state index contributed by atoms with van der Waals surface area (Å²) in [5.74, 6) is -0.208. The van der Waals surface area contributed by atoms with E-state index in [4.69, 9.17) is 4.74 Å². The van der Waals surface area contributed by atoms with Crippen molar-refractivity contribution in [1.82, 2.24) is 0 Å². The standard InChI is InChI=1S/C25H23NO4S/c1-4-21-22-16-19(30-3)12-15-23(22)26(24(21)25(27)18-8-6-5-7-9-18)31(28,29)20-13-10-17(2)11-14-20/h4-16,21,24H,1H2,2-3H3/t21-,24-/m1/s1. The molecule has 1 aliphatic heterocycles. The molecule has 1 aliphatic rings. The highest BCUT2D eigenvalue weighted by Gasteiger charge is 2.47. The van der Waals surface area contributed by atoms with E-state index >= 15 is 0 Å². The zero-order chi connectivity index (χ0) is 22.2. The molecule has 0 N–H and O–H groups in total. The first-order chi connectivity index (χ1) is 14.9. The summed E-state index contributed by atoms with van der Waals surface area (Å²) in [4.78, 5) is 13.7. The first kappa shape index (κ1) is 20.9. The Morgan fingerprint density at radius 3 is 2.32 bits per heavy atom. The minimum atomic E-state index is -4.01. The van der Waals surface area contributed by atoms with Crippen LogP contribution in [0.25, 0.3) is 0 Å². The zero-order valence-electron chi connectivity index (χ0n) is 17.4. The third-order valence-electron chi connectivity index (χ3n) is 5.58. The number of anilines is 1. The molecule has 0 aliphatic carbocycles. The lowest BCUT2D eigenvalue weighted by Crippen LogP contribution is -2.44. The molecule has 0 saturated carbocycles. The van der Waals surface area contributed by atoms with E-state index in [0.717, 1.165) is 5.56 Å². The number of benzene rings is 3. The van der Waals surface area contributed by atoms with E-state index in [1.165, 1.54) is 4.31 Å². The average molecular weight is 434 g/mol. The molecule has 6 heteroatoms. The molecule has 0 aromatic heterocycles. The SMILES string of the molecule is C=C[C@@H]1c2cc(OC)ccc2N(S(=O)(=O)c2ccc(C)cc2)[C@H]1C(=O)c1ccccc1. The van der Waals surface area contributed by atoms with E-state index in [-0.39, 0.29) is 10.7 Å². The van der Waals surface area contributed by atoms with Gasteiger partial charge in [0.05, 0.1) is 17.7 Å². The van der Waals surface area contributed by atoms with Gasteiger partial charge in [-0.3, -0.25) is 9.10 Å². The molecule has 0 saturated heterocycles. The topological polar surface area (TPSA) is 63.7 Å². The number of rotatable bonds is 6. The Kier molecular flexibility index (Phi) is 5.41. The summed E-state index contributed by atoms with van der Waals surface area (Å²) in [5, 5.41) is 0. The van der Waals surface area contributed by atoms with Gasteiger partial charge in [-0.1, -0.05) is 54.1 Å². The Balaban J connectivity index is 1.93. The Bertz CT molecular complexity index is 1230. The molecule has 3 aromatic carbocycles. The van der Waals surface area contributed by atoms with E-state index in [0.29, 0.717) is 22.6 Å². The lowest BCUT2D eigenvalue weighted by Gasteiger charge is -2.28. The van der Waals surface area contributed by atoms with Crippen LogP contribution >= 0.6 is 0 Å². The van der Waals surface area contributed by atoms with Gasteiger partial charge >= 0.3 is 0 Å². The van der Waals surface area contributed by atoms with Crippen LogP contribution in [0.15, 0.2) is 90.3 Å². The van der Waals surface area contributed by atoms with Gasteiger partial charge in [0.2, 0.25) is 0 Å². The fraction of sp³-hybridized carbons (Fsp3) is 0.160. The average Bonchev–Trinajstić information content (AvgIpc) is 3.13. The number of sulfonamides is 1. The zero-order valence-corrected chi connectivity index (χ0v) is 18.2. The molecular weight excluding hydrogens is 410 g/mol. The van der Waals surface area contributed by atoms with Crippen LogP contribution in [0.4, 0.5) is 5.69 Å². The van der Waals surface area contributed by atoms with E-state index in [1.54, 1.807) is 79.9 Å². The summed E-state index contributed by atoms with van der Waals surface area (Å²) in [5.41, 5.74) is 2.55. The predicted molar refractivity (Wildman–Crippen MR) is 121 cm³/mol. The number of hydrogen-bond acceptors (Lipinski definition) is 4. The van der Waals surface area contributed by atoms with Crippen LogP contribution in [0.3, 0.4) is 0 Å². The molecule has 31 heavy (non-hydrogen) atoms. The largest absolute Gasteiger partial charge is 0.497 e. The van der Waals surface area contributed by atoms with Crippen LogP contribution in [0.1, 0.15) is 27.4 Å². The number of ketones is 1. The van der Waals surface area contributed by atoms with Gasteiger partial charge in [0.15, 0.2) is 5.78 Å². The van der Waals surface area contributed by atoms with E-state index in [2.05, 4.69) is 6.58 Å². The molecule has 3 aromatic rings. The summed E-state index contributed by atoms with van der Waals surface area (Å²) in [7, 11) is -2.46. The van der Waals surface area contributed by atoms with Gasteiger partial charge in [0, 0.05) is 11.5 Å². The number of ether oxygens (including phenoxy) is 1. The number of Topliss-reactive ketones (excluding diaryl/α,β-unsaturated/α-hetero) is 1. The number of nitrogens with zero attached hydrogens (tertiary/aromatic N) is 1. The van der Waals surface area contributed by atoms with Crippen molar-refractivity contribution < 1.29 is 17.9 Å². The Labute approximate surface area is 182 Å². The fourth-order valence-corrected chi connectivity index (χ4v) is 5.65. The summed E-state index contributed by atoms with van der Waals surface area (Å²) < 4.78 is 34.1. The van der Waals surface area contributed by atoms with Crippen molar-refractivity contribution in [2.24, 2.45) is 0 Å².